The number of carboxylic acids is 1. The molecule has 2 aromatic rings. The topological polar surface area (TPSA) is 110 Å². The van der Waals surface area contributed by atoms with E-state index in [2.05, 4.69) is 5.32 Å². The number of amides is 1. The van der Waals surface area contributed by atoms with Crippen molar-refractivity contribution in [3.05, 3.63) is 68.7 Å². The second kappa shape index (κ2) is 7.10. The maximum Gasteiger partial charge on any atom is 0.337 e. The highest BCUT2D eigenvalue weighted by molar-refractivity contribution is 6.31. The predicted octanol–water partition coefficient (Wildman–Crippen LogP) is 3.69. The van der Waals surface area contributed by atoms with Crippen LogP contribution in [0.3, 0.4) is 0 Å². The fourth-order valence-electron chi connectivity index (χ4n) is 2.08. The Morgan fingerprint density at radius 1 is 1.21 bits per heavy atom. The number of nitrogens with zero attached hydrogens (tertiary/aromatic N) is 1. The minimum Gasteiger partial charge on any atom is -0.478 e. The molecule has 1 amide bonds. The summed E-state index contributed by atoms with van der Waals surface area (Å²) < 4.78 is 0. The molecule has 124 valence electrons. The van der Waals surface area contributed by atoms with E-state index in [9.17, 15) is 19.7 Å². The lowest BCUT2D eigenvalue weighted by molar-refractivity contribution is -0.384. The number of aromatic carboxylic acids is 1. The fraction of sp³-hybridized carbons (Fsp3) is 0.125. The van der Waals surface area contributed by atoms with E-state index in [1.54, 1.807) is 6.92 Å². The number of non-ortho nitro benzene ring substituents is 1. The molecule has 0 aliphatic heterocycles. The molecular weight excluding hydrogens is 336 g/mol. The average Bonchev–Trinajstić information content (AvgIpc) is 2.54. The second-order valence-electron chi connectivity index (χ2n) is 5.05. The first-order chi connectivity index (χ1) is 11.3. The van der Waals surface area contributed by atoms with Gasteiger partial charge in [-0.2, -0.15) is 0 Å². The Morgan fingerprint density at radius 3 is 2.38 bits per heavy atom. The largest absolute Gasteiger partial charge is 0.478 e. The maximum atomic E-state index is 12.3. The van der Waals surface area contributed by atoms with Gasteiger partial charge in [-0.25, -0.2) is 4.79 Å². The monoisotopic (exact) mass is 348 g/mol. The molecule has 1 unspecified atom stereocenters. The summed E-state index contributed by atoms with van der Waals surface area (Å²) in [4.78, 5) is 33.7. The van der Waals surface area contributed by atoms with E-state index in [-0.39, 0.29) is 16.9 Å². The summed E-state index contributed by atoms with van der Waals surface area (Å²) in [6, 6.07) is 9.65. The highest BCUT2D eigenvalue weighted by atomic mass is 35.5. The number of carbonyl (C=O) groups is 2. The third kappa shape index (κ3) is 3.88. The Kier molecular flexibility index (Phi) is 5.15. The van der Waals surface area contributed by atoms with Crippen molar-refractivity contribution >= 4 is 34.9 Å². The Balaban J connectivity index is 2.21. The van der Waals surface area contributed by atoms with Crippen molar-refractivity contribution in [3.8, 4) is 0 Å². The number of benzene rings is 2. The smallest absolute Gasteiger partial charge is 0.337 e. The third-order valence-electron chi connectivity index (χ3n) is 3.47. The number of nitrogens with one attached hydrogen (secondary N) is 1. The van der Waals surface area contributed by atoms with Gasteiger partial charge in [-0.1, -0.05) is 23.7 Å². The second-order valence-corrected chi connectivity index (χ2v) is 5.49. The van der Waals surface area contributed by atoms with Crippen LogP contribution in [0.2, 0.25) is 5.02 Å². The molecule has 2 rings (SSSR count). The first-order valence-corrected chi connectivity index (χ1v) is 7.25. The van der Waals surface area contributed by atoms with Gasteiger partial charge in [-0.05, 0) is 30.7 Å². The fourth-order valence-corrected chi connectivity index (χ4v) is 2.26. The molecule has 0 fully saturated rings. The number of rotatable bonds is 5. The Labute approximate surface area is 142 Å². The van der Waals surface area contributed by atoms with Crippen molar-refractivity contribution in [1.29, 1.82) is 0 Å². The summed E-state index contributed by atoms with van der Waals surface area (Å²) >= 11 is 5.84. The Morgan fingerprint density at radius 2 is 1.83 bits per heavy atom. The number of carboxylic acid groups (broad SMARTS) is 1. The Bertz CT molecular complexity index is 805. The third-order valence-corrected chi connectivity index (χ3v) is 3.70. The van der Waals surface area contributed by atoms with E-state index >= 15 is 0 Å². The number of anilines is 1. The highest BCUT2D eigenvalue weighted by Gasteiger charge is 2.19. The van der Waals surface area contributed by atoms with E-state index in [4.69, 9.17) is 16.7 Å². The van der Waals surface area contributed by atoms with Crippen LogP contribution >= 0.6 is 11.6 Å². The molecule has 1 atom stereocenters. The van der Waals surface area contributed by atoms with E-state index < -0.39 is 22.7 Å². The zero-order valence-electron chi connectivity index (χ0n) is 12.5. The lowest BCUT2D eigenvalue weighted by atomic mass is 9.99. The number of nitro benzene ring substituents is 1. The van der Waals surface area contributed by atoms with E-state index in [0.717, 1.165) is 0 Å². The number of nitro groups is 1. The van der Waals surface area contributed by atoms with Crippen molar-refractivity contribution in [2.24, 2.45) is 0 Å². The van der Waals surface area contributed by atoms with Crippen LogP contribution in [0.15, 0.2) is 42.5 Å². The molecule has 7 nitrogen and oxygen atoms in total. The van der Waals surface area contributed by atoms with Crippen LogP contribution in [0.4, 0.5) is 11.4 Å². The van der Waals surface area contributed by atoms with Crippen LogP contribution in [0.5, 0.6) is 0 Å². The van der Waals surface area contributed by atoms with Gasteiger partial charge < -0.3 is 10.4 Å². The van der Waals surface area contributed by atoms with Crippen molar-refractivity contribution in [3.63, 3.8) is 0 Å². The zero-order valence-corrected chi connectivity index (χ0v) is 13.3. The van der Waals surface area contributed by atoms with E-state index in [0.29, 0.717) is 10.6 Å². The van der Waals surface area contributed by atoms with Crippen molar-refractivity contribution < 1.29 is 19.6 Å². The number of hydrogen-bond acceptors (Lipinski definition) is 4. The summed E-state index contributed by atoms with van der Waals surface area (Å²) in [6.45, 7) is 1.61. The molecule has 0 radical (unpaired) electrons. The standard InChI is InChI=1S/C16H13ClN2O5/c1-9(10-2-5-12(6-3-10)19(23)24)15(20)18-14-8-11(17)4-7-13(14)16(21)22/h2-9H,1H3,(H,18,20)(H,21,22). The van der Waals surface area contributed by atoms with Gasteiger partial charge in [0.05, 0.1) is 22.1 Å². The maximum absolute atomic E-state index is 12.3. The quantitative estimate of drug-likeness (QED) is 0.632. The van der Waals surface area contributed by atoms with Crippen LogP contribution in [0.25, 0.3) is 0 Å². The molecular formula is C16H13ClN2O5. The van der Waals surface area contributed by atoms with Crippen molar-refractivity contribution in [2.75, 3.05) is 5.32 Å². The van der Waals surface area contributed by atoms with Crippen LogP contribution < -0.4 is 5.32 Å². The Hall–Kier alpha value is -2.93. The SMILES string of the molecule is CC(C(=O)Nc1cc(Cl)ccc1C(=O)O)c1ccc([N+](=O)[O-])cc1. The van der Waals surface area contributed by atoms with Gasteiger partial charge in [0.25, 0.3) is 5.69 Å². The number of carbonyl (C=O) groups excluding carboxylic acids is 1. The highest BCUT2D eigenvalue weighted by Crippen LogP contribution is 2.24. The molecule has 0 saturated heterocycles. The molecule has 2 N–H and O–H groups in total. The van der Waals surface area contributed by atoms with Gasteiger partial charge in [0.15, 0.2) is 0 Å². The molecule has 0 heterocycles. The van der Waals surface area contributed by atoms with Gasteiger partial charge in [-0.15, -0.1) is 0 Å². The molecule has 8 heteroatoms. The molecule has 0 bridgehead atoms. The molecule has 2 aromatic carbocycles. The summed E-state index contributed by atoms with van der Waals surface area (Å²) in [7, 11) is 0. The molecule has 24 heavy (non-hydrogen) atoms. The summed E-state index contributed by atoms with van der Waals surface area (Å²) in [5.74, 6) is -2.27. The van der Waals surface area contributed by atoms with Gasteiger partial charge in [0.1, 0.15) is 0 Å². The van der Waals surface area contributed by atoms with Crippen molar-refractivity contribution in [2.45, 2.75) is 12.8 Å². The van der Waals surface area contributed by atoms with Gasteiger partial charge in [0.2, 0.25) is 5.91 Å². The number of halogens is 1. The predicted molar refractivity (Wildman–Crippen MR) is 88.6 cm³/mol. The molecule has 0 aromatic heterocycles. The van der Waals surface area contributed by atoms with Crippen LogP contribution in [-0.4, -0.2) is 21.9 Å². The van der Waals surface area contributed by atoms with E-state index in [1.165, 1.54) is 42.5 Å². The van der Waals surface area contributed by atoms with Gasteiger partial charge in [0, 0.05) is 17.2 Å². The van der Waals surface area contributed by atoms with Crippen LogP contribution in [0.1, 0.15) is 28.8 Å². The normalized spacial score (nSPS) is 11.6. The molecule has 0 aliphatic carbocycles. The summed E-state index contributed by atoms with van der Waals surface area (Å²) in [5, 5.41) is 22.6. The lowest BCUT2D eigenvalue weighted by Gasteiger charge is -2.14. The summed E-state index contributed by atoms with van der Waals surface area (Å²) in [6.07, 6.45) is 0. The zero-order chi connectivity index (χ0) is 17.9. The van der Waals surface area contributed by atoms with Gasteiger partial charge >= 0.3 is 5.97 Å². The van der Waals surface area contributed by atoms with E-state index in [1.807, 2.05) is 0 Å². The molecule has 0 spiro atoms. The minimum absolute atomic E-state index is 0.0747. The first kappa shape index (κ1) is 17.4. The van der Waals surface area contributed by atoms with Crippen LogP contribution in [0, 0.1) is 10.1 Å². The average molecular weight is 349 g/mol. The number of hydrogen-bond donors (Lipinski definition) is 2. The van der Waals surface area contributed by atoms with Gasteiger partial charge in [-0.3, -0.25) is 14.9 Å². The summed E-state index contributed by atoms with van der Waals surface area (Å²) in [5.41, 5.74) is 0.503. The lowest BCUT2D eigenvalue weighted by Crippen LogP contribution is -2.20. The van der Waals surface area contributed by atoms with Crippen LogP contribution in [-0.2, 0) is 4.79 Å². The van der Waals surface area contributed by atoms with Crippen molar-refractivity contribution in [1.82, 2.24) is 0 Å². The molecule has 0 aliphatic rings. The molecule has 0 saturated carbocycles. The first-order valence-electron chi connectivity index (χ1n) is 6.87. The minimum atomic E-state index is -1.19.